The van der Waals surface area contributed by atoms with E-state index in [1.165, 1.54) is 0 Å². The summed E-state index contributed by atoms with van der Waals surface area (Å²) < 4.78 is 11.6. The van der Waals surface area contributed by atoms with Crippen molar-refractivity contribution in [2.24, 2.45) is 5.73 Å². The number of nitrogens with two attached hydrogens (primary N) is 1. The zero-order valence-electron chi connectivity index (χ0n) is 13.5. The van der Waals surface area contributed by atoms with Gasteiger partial charge >= 0.3 is 12.0 Å². The van der Waals surface area contributed by atoms with E-state index in [-0.39, 0.29) is 13.2 Å². The number of amides is 2. The van der Waals surface area contributed by atoms with Crippen LogP contribution in [0.2, 0.25) is 0 Å². The fourth-order valence-corrected chi connectivity index (χ4v) is 2.55. The maximum absolute atomic E-state index is 12.2. The minimum absolute atomic E-state index is 0.0665. The van der Waals surface area contributed by atoms with Gasteiger partial charge in [0, 0.05) is 10.9 Å². The number of nitrogens with one attached hydrogen (secondary N) is 1. The van der Waals surface area contributed by atoms with Gasteiger partial charge in [-0.2, -0.15) is 0 Å². The van der Waals surface area contributed by atoms with Crippen LogP contribution in [0.5, 0.6) is 5.75 Å². The maximum Gasteiger partial charge on any atom is 0.329 e. The van der Waals surface area contributed by atoms with Crippen molar-refractivity contribution in [2.75, 3.05) is 13.2 Å². The van der Waals surface area contributed by atoms with E-state index < -0.39 is 18.0 Å². The molecule has 0 radical (unpaired) electrons. The van der Waals surface area contributed by atoms with Crippen molar-refractivity contribution >= 4 is 27.9 Å². The molecule has 6 nitrogen and oxygen atoms in total. The summed E-state index contributed by atoms with van der Waals surface area (Å²) in [5, 5.41) is 2.41. The Balaban J connectivity index is 1.83. The first kappa shape index (κ1) is 18.8. The molecule has 25 heavy (non-hydrogen) atoms. The Morgan fingerprint density at radius 3 is 2.52 bits per heavy atom. The molecule has 0 aromatic heterocycles. The Morgan fingerprint density at radius 1 is 1.08 bits per heavy atom. The van der Waals surface area contributed by atoms with Crippen LogP contribution in [0.15, 0.2) is 59.1 Å². The van der Waals surface area contributed by atoms with Crippen LogP contribution in [0.1, 0.15) is 5.56 Å². The van der Waals surface area contributed by atoms with Crippen molar-refractivity contribution in [3.05, 3.63) is 64.6 Å². The van der Waals surface area contributed by atoms with Crippen molar-refractivity contribution in [3.63, 3.8) is 0 Å². The van der Waals surface area contributed by atoms with Gasteiger partial charge in [-0.3, -0.25) is 0 Å². The van der Waals surface area contributed by atoms with Crippen molar-refractivity contribution in [1.82, 2.24) is 5.32 Å². The van der Waals surface area contributed by atoms with Gasteiger partial charge in [-0.15, -0.1) is 0 Å². The average molecular weight is 407 g/mol. The third kappa shape index (κ3) is 6.84. The Labute approximate surface area is 154 Å². The molecule has 0 saturated heterocycles. The van der Waals surface area contributed by atoms with Crippen LogP contribution in [-0.2, 0) is 16.0 Å². The van der Waals surface area contributed by atoms with Crippen molar-refractivity contribution < 1.29 is 19.1 Å². The predicted octanol–water partition coefficient (Wildman–Crippen LogP) is 2.65. The summed E-state index contributed by atoms with van der Waals surface area (Å²) in [4.78, 5) is 23.3. The summed E-state index contributed by atoms with van der Waals surface area (Å²) in [6, 6.07) is 15.0. The quantitative estimate of drug-likeness (QED) is 0.520. The van der Waals surface area contributed by atoms with E-state index in [9.17, 15) is 9.59 Å². The molecule has 2 rings (SSSR count). The summed E-state index contributed by atoms with van der Waals surface area (Å²) in [5.74, 6) is 0.113. The van der Waals surface area contributed by atoms with Gasteiger partial charge in [0.1, 0.15) is 25.0 Å². The van der Waals surface area contributed by atoms with Gasteiger partial charge in [-0.25, -0.2) is 9.59 Å². The second kappa shape index (κ2) is 9.68. The third-order valence-corrected chi connectivity index (χ3v) is 3.77. The molecular weight excluding hydrogens is 388 g/mol. The molecule has 1 atom stereocenters. The highest BCUT2D eigenvalue weighted by Gasteiger charge is 2.21. The number of carbonyl (C=O) groups is 2. The highest BCUT2D eigenvalue weighted by molar-refractivity contribution is 9.10. The van der Waals surface area contributed by atoms with Crippen LogP contribution < -0.4 is 15.8 Å². The molecule has 0 fully saturated rings. The van der Waals surface area contributed by atoms with Crippen LogP contribution in [0.25, 0.3) is 0 Å². The number of benzene rings is 2. The van der Waals surface area contributed by atoms with Gasteiger partial charge in [0.05, 0.1) is 0 Å². The molecule has 0 heterocycles. The first-order valence-electron chi connectivity index (χ1n) is 7.69. The number of hydrogen-bond donors (Lipinski definition) is 2. The zero-order chi connectivity index (χ0) is 18.1. The minimum atomic E-state index is -0.842. The van der Waals surface area contributed by atoms with Crippen LogP contribution in [0.3, 0.4) is 0 Å². The number of ether oxygens (including phenoxy) is 2. The van der Waals surface area contributed by atoms with Crippen LogP contribution in [0.4, 0.5) is 4.79 Å². The predicted molar refractivity (Wildman–Crippen MR) is 97.2 cm³/mol. The molecule has 7 heteroatoms. The first-order valence-corrected chi connectivity index (χ1v) is 8.49. The highest BCUT2D eigenvalue weighted by atomic mass is 79.9. The normalized spacial score (nSPS) is 11.4. The van der Waals surface area contributed by atoms with E-state index in [4.69, 9.17) is 15.2 Å². The summed E-state index contributed by atoms with van der Waals surface area (Å²) in [6.45, 7) is 0.272. The van der Waals surface area contributed by atoms with E-state index in [1.807, 2.05) is 48.5 Å². The highest BCUT2D eigenvalue weighted by Crippen LogP contribution is 2.17. The summed E-state index contributed by atoms with van der Waals surface area (Å²) in [6.07, 6.45) is 0.301. The van der Waals surface area contributed by atoms with E-state index in [0.717, 1.165) is 10.0 Å². The molecule has 2 aromatic rings. The number of primary amides is 1. The maximum atomic E-state index is 12.2. The van der Waals surface area contributed by atoms with Gasteiger partial charge in [-0.05, 0) is 23.8 Å². The second-order valence-corrected chi connectivity index (χ2v) is 6.14. The monoisotopic (exact) mass is 406 g/mol. The van der Waals surface area contributed by atoms with Crippen LogP contribution in [0, 0.1) is 0 Å². The Kier molecular flexibility index (Phi) is 7.28. The largest absolute Gasteiger partial charge is 0.490 e. The Hall–Kier alpha value is -2.54. The number of urea groups is 1. The van der Waals surface area contributed by atoms with Gasteiger partial charge < -0.3 is 20.5 Å². The van der Waals surface area contributed by atoms with E-state index >= 15 is 0 Å². The lowest BCUT2D eigenvalue weighted by atomic mass is 10.1. The molecule has 0 saturated carbocycles. The zero-order valence-corrected chi connectivity index (χ0v) is 15.1. The molecule has 2 amide bonds. The minimum Gasteiger partial charge on any atom is -0.490 e. The van der Waals surface area contributed by atoms with Gasteiger partial charge in [0.2, 0.25) is 0 Å². The van der Waals surface area contributed by atoms with Crippen molar-refractivity contribution in [2.45, 2.75) is 12.5 Å². The van der Waals surface area contributed by atoms with Crippen molar-refractivity contribution in [3.8, 4) is 5.75 Å². The molecule has 0 unspecified atom stereocenters. The molecule has 132 valence electrons. The number of rotatable bonds is 8. The molecule has 0 aliphatic rings. The van der Waals surface area contributed by atoms with E-state index in [2.05, 4.69) is 21.2 Å². The summed E-state index contributed by atoms with van der Waals surface area (Å²) >= 11 is 3.35. The molecule has 0 aliphatic heterocycles. The fourth-order valence-electron chi connectivity index (χ4n) is 2.17. The third-order valence-electron chi connectivity index (χ3n) is 3.28. The molecule has 2 aromatic carbocycles. The average Bonchev–Trinajstić information content (AvgIpc) is 2.58. The van der Waals surface area contributed by atoms with Crippen molar-refractivity contribution in [1.29, 1.82) is 0 Å². The summed E-state index contributed by atoms with van der Waals surface area (Å²) in [7, 11) is 0. The smallest absolute Gasteiger partial charge is 0.329 e. The first-order chi connectivity index (χ1) is 12.0. The van der Waals surface area contributed by atoms with E-state index in [1.54, 1.807) is 6.07 Å². The second-order valence-electron chi connectivity index (χ2n) is 5.22. The fraction of sp³-hybridized carbons (Fsp3) is 0.222. The number of carbonyl (C=O) groups excluding carboxylic acids is 2. The number of esters is 1. The molecule has 0 bridgehead atoms. The molecule has 3 N–H and O–H groups in total. The SMILES string of the molecule is NC(=O)N[C@@H](Cc1ccccc1)C(=O)OCCOc1cccc(Br)c1. The Bertz CT molecular complexity index is 709. The lowest BCUT2D eigenvalue weighted by Crippen LogP contribution is -2.46. The molecular formula is C18H19BrN2O4. The van der Waals surface area contributed by atoms with Gasteiger partial charge in [0.15, 0.2) is 0 Å². The number of hydrogen-bond acceptors (Lipinski definition) is 4. The standard InChI is InChI=1S/C18H19BrN2O4/c19-14-7-4-8-15(12-14)24-9-10-25-17(22)16(21-18(20)23)11-13-5-2-1-3-6-13/h1-8,12,16H,9-11H2,(H3,20,21,23)/t16-/m0/s1. The Morgan fingerprint density at radius 2 is 1.84 bits per heavy atom. The molecule has 0 aliphatic carbocycles. The topological polar surface area (TPSA) is 90.7 Å². The van der Waals surface area contributed by atoms with Crippen LogP contribution >= 0.6 is 15.9 Å². The van der Waals surface area contributed by atoms with Crippen LogP contribution in [-0.4, -0.2) is 31.3 Å². The van der Waals surface area contributed by atoms with Gasteiger partial charge in [-0.1, -0.05) is 52.3 Å². The summed E-state index contributed by atoms with van der Waals surface area (Å²) in [5.41, 5.74) is 6.04. The lowest BCUT2D eigenvalue weighted by molar-refractivity contribution is -0.146. The van der Waals surface area contributed by atoms with E-state index in [0.29, 0.717) is 12.2 Å². The lowest BCUT2D eigenvalue weighted by Gasteiger charge is -2.16. The molecule has 0 spiro atoms. The number of halogens is 1. The van der Waals surface area contributed by atoms with Gasteiger partial charge in [0.25, 0.3) is 0 Å².